The lowest BCUT2D eigenvalue weighted by Gasteiger charge is -2.57. The molecular weight excluding hydrogens is 192 g/mol. The topological polar surface area (TPSA) is 57.5 Å². The van der Waals surface area contributed by atoms with E-state index in [1.54, 1.807) is 0 Å². The second kappa shape index (κ2) is 2.97. The monoisotopic (exact) mass is 210 g/mol. The highest BCUT2D eigenvalue weighted by Gasteiger charge is 2.55. The lowest BCUT2D eigenvalue weighted by atomic mass is 9.48. The number of carboxylic acid groups (broad SMARTS) is 1. The van der Waals surface area contributed by atoms with E-state index >= 15 is 0 Å². The van der Waals surface area contributed by atoms with Gasteiger partial charge in [-0.2, -0.15) is 0 Å². The molecule has 0 radical (unpaired) electrons. The normalized spacial score (nSPS) is 49.3. The Kier molecular flexibility index (Phi) is 1.91. The highest BCUT2D eigenvalue weighted by molar-refractivity contribution is 5.73. The average molecular weight is 210 g/mol. The largest absolute Gasteiger partial charge is 0.479 e. The summed E-state index contributed by atoms with van der Waals surface area (Å²) in [7, 11) is 0. The van der Waals surface area contributed by atoms with Gasteiger partial charge in [0, 0.05) is 5.41 Å². The maximum absolute atomic E-state index is 11.0. The van der Waals surface area contributed by atoms with Crippen LogP contribution >= 0.6 is 0 Å². The van der Waals surface area contributed by atoms with Crippen molar-refractivity contribution >= 4 is 5.97 Å². The smallest absolute Gasteiger partial charge is 0.333 e. The minimum Gasteiger partial charge on any atom is -0.479 e. The van der Waals surface area contributed by atoms with Crippen molar-refractivity contribution in [1.82, 2.24) is 0 Å². The van der Waals surface area contributed by atoms with Gasteiger partial charge in [0.15, 0.2) is 6.10 Å². The number of aliphatic hydroxyl groups is 1. The molecule has 4 aliphatic rings. The maximum Gasteiger partial charge on any atom is 0.333 e. The average Bonchev–Trinajstić information content (AvgIpc) is 2.14. The molecule has 4 rings (SSSR count). The summed E-state index contributed by atoms with van der Waals surface area (Å²) in [6.45, 7) is 0. The Labute approximate surface area is 89.5 Å². The fourth-order valence-corrected chi connectivity index (χ4v) is 4.77. The van der Waals surface area contributed by atoms with Crippen LogP contribution in [0.15, 0.2) is 0 Å². The highest BCUT2D eigenvalue weighted by Crippen LogP contribution is 2.61. The molecule has 0 spiro atoms. The molecule has 0 aromatic carbocycles. The molecule has 4 saturated carbocycles. The molecule has 3 nitrogen and oxygen atoms in total. The summed E-state index contributed by atoms with van der Waals surface area (Å²) >= 11 is 0. The molecular formula is C12H18O3. The first-order chi connectivity index (χ1) is 7.09. The van der Waals surface area contributed by atoms with Gasteiger partial charge in [0.25, 0.3) is 0 Å². The summed E-state index contributed by atoms with van der Waals surface area (Å²) in [6.07, 6.45) is 5.58. The Balaban J connectivity index is 1.89. The summed E-state index contributed by atoms with van der Waals surface area (Å²) < 4.78 is 0. The molecule has 0 unspecified atom stereocenters. The van der Waals surface area contributed by atoms with Gasteiger partial charge in [0.05, 0.1) is 0 Å². The van der Waals surface area contributed by atoms with E-state index in [0.29, 0.717) is 17.8 Å². The SMILES string of the molecule is O=C(O)[C@H](O)C12CC3CC(CC(C3)C1)C2. The lowest BCUT2D eigenvalue weighted by Crippen LogP contribution is -2.53. The molecule has 0 amide bonds. The van der Waals surface area contributed by atoms with E-state index < -0.39 is 12.1 Å². The number of carboxylic acids is 1. The summed E-state index contributed by atoms with van der Waals surface area (Å²) in [5, 5.41) is 18.9. The van der Waals surface area contributed by atoms with E-state index in [-0.39, 0.29) is 5.41 Å². The van der Waals surface area contributed by atoms with Gasteiger partial charge >= 0.3 is 5.97 Å². The molecule has 0 heterocycles. The molecule has 3 heteroatoms. The van der Waals surface area contributed by atoms with Crippen molar-refractivity contribution in [2.45, 2.75) is 44.6 Å². The second-order valence-corrected chi connectivity index (χ2v) is 6.02. The van der Waals surface area contributed by atoms with Crippen molar-refractivity contribution in [1.29, 1.82) is 0 Å². The Morgan fingerprint density at radius 3 is 1.80 bits per heavy atom. The molecule has 1 atom stereocenters. The van der Waals surface area contributed by atoms with Crippen LogP contribution in [0.3, 0.4) is 0 Å². The van der Waals surface area contributed by atoms with Crippen molar-refractivity contribution < 1.29 is 15.0 Å². The van der Waals surface area contributed by atoms with Gasteiger partial charge in [0.2, 0.25) is 0 Å². The molecule has 0 aromatic rings. The Hall–Kier alpha value is -0.570. The first-order valence-electron chi connectivity index (χ1n) is 6.00. The van der Waals surface area contributed by atoms with Gasteiger partial charge in [-0.3, -0.25) is 0 Å². The molecule has 0 aromatic heterocycles. The van der Waals surface area contributed by atoms with Crippen molar-refractivity contribution in [2.24, 2.45) is 23.2 Å². The molecule has 84 valence electrons. The number of aliphatic hydroxyl groups excluding tert-OH is 1. The first-order valence-corrected chi connectivity index (χ1v) is 6.00. The number of aliphatic carboxylic acids is 1. The third kappa shape index (κ3) is 1.32. The third-order valence-electron chi connectivity index (χ3n) is 4.90. The van der Waals surface area contributed by atoms with Gasteiger partial charge < -0.3 is 10.2 Å². The standard InChI is InChI=1S/C12H18O3/c13-10(11(14)15)12-4-7-1-8(5-12)3-9(2-7)6-12/h7-10,13H,1-6H2,(H,14,15)/t7?,8?,9?,10-,12?/m0/s1. The van der Waals surface area contributed by atoms with Crippen molar-refractivity contribution in [3.8, 4) is 0 Å². The van der Waals surface area contributed by atoms with Gasteiger partial charge in [-0.1, -0.05) is 0 Å². The van der Waals surface area contributed by atoms with Crippen LogP contribution in [0.4, 0.5) is 0 Å². The van der Waals surface area contributed by atoms with Crippen molar-refractivity contribution in [2.75, 3.05) is 0 Å². The molecule has 0 aliphatic heterocycles. The number of hydrogen-bond acceptors (Lipinski definition) is 2. The zero-order chi connectivity index (χ0) is 10.6. The van der Waals surface area contributed by atoms with Gasteiger partial charge in [-0.05, 0) is 56.3 Å². The third-order valence-corrected chi connectivity index (χ3v) is 4.90. The molecule has 0 saturated heterocycles. The van der Waals surface area contributed by atoms with Crippen LogP contribution in [0, 0.1) is 23.2 Å². The summed E-state index contributed by atoms with van der Waals surface area (Å²) in [5.41, 5.74) is -0.263. The molecule has 2 N–H and O–H groups in total. The molecule has 4 aliphatic carbocycles. The lowest BCUT2D eigenvalue weighted by molar-refractivity contribution is -0.170. The Morgan fingerprint density at radius 1 is 1.07 bits per heavy atom. The predicted octanol–water partition coefficient (Wildman–Crippen LogP) is 1.65. The minimum atomic E-state index is -1.12. The Bertz CT molecular complexity index is 262. The molecule has 15 heavy (non-hydrogen) atoms. The van der Waals surface area contributed by atoms with Crippen LogP contribution in [0.25, 0.3) is 0 Å². The van der Waals surface area contributed by atoms with Crippen LogP contribution in [0.2, 0.25) is 0 Å². The van der Waals surface area contributed by atoms with Crippen molar-refractivity contribution in [3.63, 3.8) is 0 Å². The van der Waals surface area contributed by atoms with E-state index in [2.05, 4.69) is 0 Å². The quantitative estimate of drug-likeness (QED) is 0.728. The fraction of sp³-hybridized carbons (Fsp3) is 0.917. The van der Waals surface area contributed by atoms with Crippen molar-refractivity contribution in [3.05, 3.63) is 0 Å². The second-order valence-electron chi connectivity index (χ2n) is 6.02. The number of carbonyl (C=O) groups is 1. The number of rotatable bonds is 2. The Morgan fingerprint density at radius 2 is 1.47 bits per heavy atom. The minimum absolute atomic E-state index is 0.263. The predicted molar refractivity (Wildman–Crippen MR) is 54.2 cm³/mol. The van der Waals surface area contributed by atoms with E-state index in [1.165, 1.54) is 19.3 Å². The van der Waals surface area contributed by atoms with E-state index in [0.717, 1.165) is 19.3 Å². The number of hydrogen-bond donors (Lipinski definition) is 2. The van der Waals surface area contributed by atoms with Crippen LogP contribution < -0.4 is 0 Å². The van der Waals surface area contributed by atoms with Gasteiger partial charge in [-0.15, -0.1) is 0 Å². The summed E-state index contributed by atoms with van der Waals surface area (Å²) in [5.74, 6) is 1.08. The van der Waals surface area contributed by atoms with Crippen LogP contribution in [-0.4, -0.2) is 22.3 Å². The van der Waals surface area contributed by atoms with Gasteiger partial charge in [-0.25, -0.2) is 4.79 Å². The summed E-state index contributed by atoms with van der Waals surface area (Å²) in [4.78, 5) is 11.0. The highest BCUT2D eigenvalue weighted by atomic mass is 16.4. The summed E-state index contributed by atoms with van der Waals surface area (Å²) in [6, 6.07) is 0. The molecule has 4 bridgehead atoms. The fourth-order valence-electron chi connectivity index (χ4n) is 4.77. The maximum atomic E-state index is 11.0. The zero-order valence-corrected chi connectivity index (χ0v) is 8.85. The van der Waals surface area contributed by atoms with E-state index in [9.17, 15) is 9.90 Å². The first kappa shape index (κ1) is 9.64. The van der Waals surface area contributed by atoms with Crippen LogP contribution in [0.5, 0.6) is 0 Å². The molecule has 4 fully saturated rings. The van der Waals surface area contributed by atoms with Gasteiger partial charge in [0.1, 0.15) is 0 Å². The van der Waals surface area contributed by atoms with E-state index in [1.807, 2.05) is 0 Å². The van der Waals surface area contributed by atoms with Crippen LogP contribution in [-0.2, 0) is 4.79 Å². The zero-order valence-electron chi connectivity index (χ0n) is 8.85. The van der Waals surface area contributed by atoms with Crippen LogP contribution in [0.1, 0.15) is 38.5 Å². The van der Waals surface area contributed by atoms with E-state index in [4.69, 9.17) is 5.11 Å².